The molecule has 0 amide bonds. The lowest BCUT2D eigenvalue weighted by Gasteiger charge is -2.18. The molecule has 3 aromatic carbocycles. The first-order valence-corrected chi connectivity index (χ1v) is 12.1. The molecule has 3 atom stereocenters. The van der Waals surface area contributed by atoms with Crippen LogP contribution in [-0.4, -0.2) is 40.4 Å². The Morgan fingerprint density at radius 1 is 0.879 bits per heavy atom. The van der Waals surface area contributed by atoms with E-state index in [-0.39, 0.29) is 18.4 Å². The Labute approximate surface area is 194 Å². The van der Waals surface area contributed by atoms with Crippen LogP contribution in [0.2, 0.25) is 0 Å². The van der Waals surface area contributed by atoms with E-state index in [1.807, 2.05) is 24.3 Å². The Bertz CT molecular complexity index is 1010. The van der Waals surface area contributed by atoms with E-state index in [0.717, 1.165) is 23.3 Å². The molecular weight excluding hydrogens is 441 g/mol. The summed E-state index contributed by atoms with van der Waals surface area (Å²) in [5, 5.41) is 23.2. The van der Waals surface area contributed by atoms with Crippen LogP contribution < -0.4 is 20.1 Å². The lowest BCUT2D eigenvalue weighted by atomic mass is 10.1. The second-order valence-electron chi connectivity index (χ2n) is 7.91. The zero-order valence-electron chi connectivity index (χ0n) is 18.5. The second-order valence-corrected chi connectivity index (χ2v) is 9.09. The van der Waals surface area contributed by atoms with Gasteiger partial charge < -0.3 is 29.9 Å². The Morgan fingerprint density at radius 2 is 1.45 bits per heavy atom. The summed E-state index contributed by atoms with van der Waals surface area (Å²) in [5.41, 5.74) is 2.08. The molecule has 3 aromatic rings. The van der Waals surface area contributed by atoms with Crippen molar-refractivity contribution in [2.45, 2.75) is 32.1 Å². The maximum atomic E-state index is 11.1. The third kappa shape index (κ3) is 8.56. The third-order valence-corrected chi connectivity index (χ3v) is 5.88. The van der Waals surface area contributed by atoms with Crippen molar-refractivity contribution in [3.8, 4) is 17.2 Å². The summed E-state index contributed by atoms with van der Waals surface area (Å²) >= 11 is 0. The van der Waals surface area contributed by atoms with Crippen molar-refractivity contribution in [1.82, 2.24) is 5.32 Å². The summed E-state index contributed by atoms with van der Waals surface area (Å²) in [7, 11) is -2.66. The predicted octanol–water partition coefficient (Wildman–Crippen LogP) is 3.02. The van der Waals surface area contributed by atoms with Crippen LogP contribution >= 0.6 is 8.03 Å². The Balaban J connectivity index is 1.37. The molecule has 0 aliphatic heterocycles. The van der Waals surface area contributed by atoms with Gasteiger partial charge in [0, 0.05) is 17.9 Å². The molecule has 0 aliphatic carbocycles. The highest BCUT2D eigenvalue weighted by Crippen LogP contribution is 2.18. The van der Waals surface area contributed by atoms with Crippen molar-refractivity contribution < 1.29 is 29.1 Å². The van der Waals surface area contributed by atoms with Crippen molar-refractivity contribution in [3.05, 3.63) is 83.9 Å². The Morgan fingerprint density at radius 3 is 2.09 bits per heavy atom. The van der Waals surface area contributed by atoms with Gasteiger partial charge in [-0.2, -0.15) is 0 Å². The van der Waals surface area contributed by atoms with E-state index in [2.05, 4.69) is 12.2 Å². The molecular formula is C25H30NO6P. The molecule has 4 N–H and O–H groups in total. The first kappa shape index (κ1) is 24.8. The average molecular weight is 471 g/mol. The zero-order valence-corrected chi connectivity index (χ0v) is 19.5. The van der Waals surface area contributed by atoms with Gasteiger partial charge in [-0.25, -0.2) is 0 Å². The highest BCUT2D eigenvalue weighted by Gasteiger charge is 2.09. The van der Waals surface area contributed by atoms with E-state index in [1.54, 1.807) is 48.5 Å². The number of hydrogen-bond donors (Lipinski definition) is 4. The fourth-order valence-corrected chi connectivity index (χ4v) is 3.64. The van der Waals surface area contributed by atoms with Gasteiger partial charge in [0.25, 0.3) is 0 Å². The highest BCUT2D eigenvalue weighted by molar-refractivity contribution is 7.47. The smallest absolute Gasteiger partial charge is 0.218 e. The van der Waals surface area contributed by atoms with Crippen LogP contribution in [0.1, 0.15) is 18.1 Å². The zero-order chi connectivity index (χ0) is 23.6. The molecule has 0 aliphatic rings. The van der Waals surface area contributed by atoms with E-state index in [4.69, 9.17) is 14.4 Å². The summed E-state index contributed by atoms with van der Waals surface area (Å²) in [6.45, 7) is 3.01. The molecule has 8 heteroatoms. The van der Waals surface area contributed by atoms with E-state index in [9.17, 15) is 14.8 Å². The lowest BCUT2D eigenvalue weighted by molar-refractivity contribution is 0.104. The molecule has 0 bridgehead atoms. The van der Waals surface area contributed by atoms with Crippen LogP contribution in [0, 0.1) is 0 Å². The van der Waals surface area contributed by atoms with Crippen molar-refractivity contribution in [1.29, 1.82) is 0 Å². The number of hydrogen-bond acceptors (Lipinski definition) is 6. The Kier molecular flexibility index (Phi) is 9.34. The number of phenolic OH excluding ortho intramolecular Hbond substituents is 1. The minimum absolute atomic E-state index is 0.164. The SMILES string of the molecule is CC(Cc1ccc(OCc2ccc([PH](=O)O)cc2)cc1)NCC(O)COc1ccc(O)cc1. The molecule has 0 aromatic heterocycles. The topological polar surface area (TPSA) is 108 Å². The van der Waals surface area contributed by atoms with E-state index < -0.39 is 14.1 Å². The molecule has 0 saturated carbocycles. The van der Waals surface area contributed by atoms with Crippen LogP contribution in [-0.2, 0) is 17.6 Å². The standard InChI is InChI=1S/C25H30NO6P/c1-18(26-15-22(28)17-32-24-10-6-21(27)7-11-24)14-19-2-8-23(9-3-19)31-16-20-4-12-25(13-5-20)33(29)30/h2-13,18,22,26-28,33H,14-17H2,1H3,(H,29,30). The summed E-state index contributed by atoms with van der Waals surface area (Å²) < 4.78 is 22.4. The van der Waals surface area contributed by atoms with E-state index in [0.29, 0.717) is 24.2 Å². The number of aliphatic hydroxyl groups excluding tert-OH is 1. The molecule has 0 spiro atoms. The van der Waals surface area contributed by atoms with Gasteiger partial charge in [0.05, 0.1) is 0 Å². The molecule has 3 unspecified atom stereocenters. The molecule has 176 valence electrons. The number of phenols is 1. The fraction of sp³-hybridized carbons (Fsp3) is 0.280. The average Bonchev–Trinajstić information content (AvgIpc) is 2.82. The van der Waals surface area contributed by atoms with Crippen LogP contribution in [0.25, 0.3) is 0 Å². The maximum Gasteiger partial charge on any atom is 0.218 e. The summed E-state index contributed by atoms with van der Waals surface area (Å²) in [5.74, 6) is 1.52. The van der Waals surface area contributed by atoms with Crippen LogP contribution in [0.5, 0.6) is 17.2 Å². The number of nitrogens with one attached hydrogen (secondary N) is 1. The van der Waals surface area contributed by atoms with Gasteiger partial charge in [0.15, 0.2) is 0 Å². The summed E-state index contributed by atoms with van der Waals surface area (Å²) in [6, 6.07) is 21.3. The second kappa shape index (κ2) is 12.4. The van der Waals surface area contributed by atoms with E-state index >= 15 is 0 Å². The number of benzene rings is 3. The van der Waals surface area contributed by atoms with Crippen molar-refractivity contribution in [2.24, 2.45) is 0 Å². The van der Waals surface area contributed by atoms with E-state index in [1.165, 1.54) is 0 Å². The minimum atomic E-state index is -2.66. The van der Waals surface area contributed by atoms with Crippen LogP contribution in [0.15, 0.2) is 72.8 Å². The minimum Gasteiger partial charge on any atom is -0.508 e. The van der Waals surface area contributed by atoms with Gasteiger partial charge in [-0.3, -0.25) is 4.57 Å². The lowest BCUT2D eigenvalue weighted by Crippen LogP contribution is -2.37. The van der Waals surface area contributed by atoms with Gasteiger partial charge in [-0.15, -0.1) is 0 Å². The van der Waals surface area contributed by atoms with Crippen LogP contribution in [0.3, 0.4) is 0 Å². The van der Waals surface area contributed by atoms with Gasteiger partial charge in [-0.05, 0) is 73.0 Å². The van der Waals surface area contributed by atoms with Crippen molar-refractivity contribution in [2.75, 3.05) is 13.2 Å². The first-order chi connectivity index (χ1) is 15.9. The Hall–Kier alpha value is -2.83. The molecule has 0 heterocycles. The van der Waals surface area contributed by atoms with Crippen molar-refractivity contribution >= 4 is 13.3 Å². The number of aromatic hydroxyl groups is 1. The van der Waals surface area contributed by atoms with Gasteiger partial charge in [0.1, 0.15) is 36.6 Å². The predicted molar refractivity (Wildman–Crippen MR) is 129 cm³/mol. The van der Waals surface area contributed by atoms with Gasteiger partial charge >= 0.3 is 0 Å². The molecule has 0 radical (unpaired) electrons. The monoisotopic (exact) mass is 471 g/mol. The first-order valence-electron chi connectivity index (χ1n) is 10.8. The summed E-state index contributed by atoms with van der Waals surface area (Å²) in [6.07, 6.45) is 0.151. The summed E-state index contributed by atoms with van der Waals surface area (Å²) in [4.78, 5) is 9.13. The number of aliphatic hydroxyl groups is 1. The van der Waals surface area contributed by atoms with Gasteiger partial charge in [-0.1, -0.05) is 24.3 Å². The normalized spacial score (nSPS) is 13.8. The van der Waals surface area contributed by atoms with Crippen LogP contribution in [0.4, 0.5) is 0 Å². The van der Waals surface area contributed by atoms with Crippen molar-refractivity contribution in [3.63, 3.8) is 0 Å². The fourth-order valence-electron chi connectivity index (χ4n) is 3.19. The highest BCUT2D eigenvalue weighted by atomic mass is 31.1. The third-order valence-electron chi connectivity index (χ3n) is 5.05. The largest absolute Gasteiger partial charge is 0.508 e. The van der Waals surface area contributed by atoms with Gasteiger partial charge in [0.2, 0.25) is 8.03 Å². The quantitative estimate of drug-likeness (QED) is 0.301. The number of ether oxygens (including phenoxy) is 2. The molecule has 7 nitrogen and oxygen atoms in total. The molecule has 3 rings (SSSR count). The number of rotatable bonds is 12. The molecule has 33 heavy (non-hydrogen) atoms. The molecule has 0 saturated heterocycles. The molecule has 0 fully saturated rings. The maximum absolute atomic E-state index is 11.1.